The number of carbonyl (C=O) groups excluding carboxylic acids is 1. The molecule has 0 aliphatic carbocycles. The lowest BCUT2D eigenvalue weighted by molar-refractivity contribution is -0.130. The van der Waals surface area contributed by atoms with Crippen LogP contribution in [0.5, 0.6) is 0 Å². The highest BCUT2D eigenvalue weighted by atomic mass is 16.2. The number of amides is 1. The van der Waals surface area contributed by atoms with Crippen molar-refractivity contribution in [1.29, 1.82) is 0 Å². The van der Waals surface area contributed by atoms with Crippen LogP contribution in [-0.4, -0.2) is 25.5 Å². The van der Waals surface area contributed by atoms with Crippen LogP contribution in [-0.2, 0) is 4.79 Å². The summed E-state index contributed by atoms with van der Waals surface area (Å²) in [5.74, 6) is 0.299. The van der Waals surface area contributed by atoms with Gasteiger partial charge in [-0.1, -0.05) is 24.6 Å². The molecule has 3 nitrogen and oxygen atoms in total. The largest absolute Gasteiger partial charge is 0.317 e. The Morgan fingerprint density at radius 2 is 1.80 bits per heavy atom. The van der Waals surface area contributed by atoms with Gasteiger partial charge in [0.2, 0.25) is 5.91 Å². The Kier molecular flexibility index (Phi) is 4.81. The minimum atomic E-state index is -0.174. The first-order valence-corrected chi connectivity index (χ1v) is 7.72. The van der Waals surface area contributed by atoms with Gasteiger partial charge in [0.25, 0.3) is 0 Å². The smallest absolute Gasteiger partial charge is 0.233 e. The number of carbonyl (C=O) groups is 1. The van der Waals surface area contributed by atoms with Crippen LogP contribution in [0.3, 0.4) is 0 Å². The lowest BCUT2D eigenvalue weighted by Crippen LogP contribution is -2.49. The molecular weight excluding hydrogens is 248 g/mol. The molecule has 0 spiro atoms. The van der Waals surface area contributed by atoms with Crippen LogP contribution in [0.15, 0.2) is 24.3 Å². The Balaban J connectivity index is 2.25. The number of piperidine rings is 1. The standard InChI is InChI=1S/C17H26N2O/c1-4-17(10-12-18-13-11-17)16(20)19(5-2)15-8-6-14(3)7-9-15/h6-9,18H,4-5,10-13H2,1-3H3. The molecule has 0 saturated carbocycles. The molecule has 0 bridgehead atoms. The van der Waals surface area contributed by atoms with Crippen LogP contribution in [0, 0.1) is 12.3 Å². The van der Waals surface area contributed by atoms with E-state index in [4.69, 9.17) is 0 Å². The van der Waals surface area contributed by atoms with E-state index in [9.17, 15) is 4.79 Å². The van der Waals surface area contributed by atoms with Gasteiger partial charge in [-0.3, -0.25) is 4.79 Å². The molecule has 0 aromatic heterocycles. The van der Waals surface area contributed by atoms with Crippen molar-refractivity contribution in [2.75, 3.05) is 24.5 Å². The van der Waals surface area contributed by atoms with E-state index in [2.05, 4.69) is 50.4 Å². The van der Waals surface area contributed by atoms with Gasteiger partial charge in [-0.15, -0.1) is 0 Å². The molecule has 110 valence electrons. The van der Waals surface area contributed by atoms with Crippen LogP contribution >= 0.6 is 0 Å². The molecule has 0 unspecified atom stereocenters. The van der Waals surface area contributed by atoms with Gasteiger partial charge in [0.05, 0.1) is 5.41 Å². The maximum Gasteiger partial charge on any atom is 0.233 e. The summed E-state index contributed by atoms with van der Waals surface area (Å²) in [7, 11) is 0. The fourth-order valence-corrected chi connectivity index (χ4v) is 3.08. The summed E-state index contributed by atoms with van der Waals surface area (Å²) in [5, 5.41) is 3.36. The fraction of sp³-hybridized carbons (Fsp3) is 0.588. The quantitative estimate of drug-likeness (QED) is 0.915. The highest BCUT2D eigenvalue weighted by molar-refractivity contribution is 5.97. The normalized spacial score (nSPS) is 17.8. The van der Waals surface area contributed by atoms with E-state index >= 15 is 0 Å². The van der Waals surface area contributed by atoms with Gasteiger partial charge in [0.15, 0.2) is 0 Å². The first kappa shape index (κ1) is 15.0. The Morgan fingerprint density at radius 3 is 2.30 bits per heavy atom. The zero-order chi connectivity index (χ0) is 14.6. The molecule has 1 saturated heterocycles. The van der Waals surface area contributed by atoms with Crippen molar-refractivity contribution in [2.24, 2.45) is 5.41 Å². The van der Waals surface area contributed by atoms with Crippen molar-refractivity contribution < 1.29 is 4.79 Å². The number of hydrogen-bond donors (Lipinski definition) is 1. The van der Waals surface area contributed by atoms with E-state index in [1.54, 1.807) is 0 Å². The third-order valence-electron chi connectivity index (χ3n) is 4.60. The lowest BCUT2D eigenvalue weighted by atomic mass is 9.75. The lowest BCUT2D eigenvalue weighted by Gasteiger charge is -2.39. The van der Waals surface area contributed by atoms with E-state index in [-0.39, 0.29) is 5.41 Å². The summed E-state index contributed by atoms with van der Waals surface area (Å²) in [4.78, 5) is 15.0. The number of nitrogens with one attached hydrogen (secondary N) is 1. The van der Waals surface area contributed by atoms with Crippen molar-refractivity contribution >= 4 is 11.6 Å². The van der Waals surface area contributed by atoms with Gasteiger partial charge in [0, 0.05) is 12.2 Å². The summed E-state index contributed by atoms with van der Waals surface area (Å²) >= 11 is 0. The Labute approximate surface area is 122 Å². The number of benzene rings is 1. The van der Waals surface area contributed by atoms with Crippen LogP contribution < -0.4 is 10.2 Å². The summed E-state index contributed by atoms with van der Waals surface area (Å²) < 4.78 is 0. The number of nitrogens with zero attached hydrogens (tertiary/aromatic N) is 1. The second-order valence-corrected chi connectivity index (χ2v) is 5.77. The van der Waals surface area contributed by atoms with E-state index in [1.807, 2.05) is 4.90 Å². The predicted octanol–water partition coefficient (Wildman–Crippen LogP) is 3.13. The molecule has 1 amide bonds. The van der Waals surface area contributed by atoms with Crippen molar-refractivity contribution in [1.82, 2.24) is 5.32 Å². The maximum absolute atomic E-state index is 13.1. The molecule has 0 radical (unpaired) electrons. The minimum absolute atomic E-state index is 0.174. The van der Waals surface area contributed by atoms with Crippen LogP contribution in [0.25, 0.3) is 0 Å². The highest BCUT2D eigenvalue weighted by Gasteiger charge is 2.40. The Hall–Kier alpha value is -1.35. The minimum Gasteiger partial charge on any atom is -0.317 e. The van der Waals surface area contributed by atoms with Gasteiger partial charge < -0.3 is 10.2 Å². The number of hydrogen-bond acceptors (Lipinski definition) is 2. The van der Waals surface area contributed by atoms with E-state index in [1.165, 1.54) is 5.56 Å². The van der Waals surface area contributed by atoms with Crippen molar-refractivity contribution in [3.05, 3.63) is 29.8 Å². The van der Waals surface area contributed by atoms with Crippen LogP contribution in [0.4, 0.5) is 5.69 Å². The Morgan fingerprint density at radius 1 is 1.20 bits per heavy atom. The second kappa shape index (κ2) is 6.40. The Bertz CT molecular complexity index is 447. The predicted molar refractivity (Wildman–Crippen MR) is 84.0 cm³/mol. The molecule has 1 heterocycles. The SMILES string of the molecule is CCN(C(=O)C1(CC)CCNCC1)c1ccc(C)cc1. The second-order valence-electron chi connectivity index (χ2n) is 5.77. The van der Waals surface area contributed by atoms with Crippen molar-refractivity contribution in [3.63, 3.8) is 0 Å². The van der Waals surface area contributed by atoms with Gasteiger partial charge in [0.1, 0.15) is 0 Å². The number of aryl methyl sites for hydroxylation is 1. The fourth-order valence-electron chi connectivity index (χ4n) is 3.08. The van der Waals surface area contributed by atoms with E-state index in [0.717, 1.165) is 44.6 Å². The zero-order valence-corrected chi connectivity index (χ0v) is 12.9. The topological polar surface area (TPSA) is 32.3 Å². The monoisotopic (exact) mass is 274 g/mol. The maximum atomic E-state index is 13.1. The van der Waals surface area contributed by atoms with Gasteiger partial charge in [-0.25, -0.2) is 0 Å². The summed E-state index contributed by atoms with van der Waals surface area (Å²) in [5.41, 5.74) is 2.07. The van der Waals surface area contributed by atoms with Crippen molar-refractivity contribution in [2.45, 2.75) is 40.0 Å². The molecule has 1 N–H and O–H groups in total. The zero-order valence-electron chi connectivity index (χ0n) is 12.9. The third kappa shape index (κ3) is 2.88. The van der Waals surface area contributed by atoms with E-state index in [0.29, 0.717) is 5.91 Å². The first-order chi connectivity index (χ1) is 9.63. The molecule has 1 aromatic carbocycles. The summed E-state index contributed by atoms with van der Waals surface area (Å²) in [6, 6.07) is 8.26. The van der Waals surface area contributed by atoms with Gasteiger partial charge >= 0.3 is 0 Å². The highest BCUT2D eigenvalue weighted by Crippen LogP contribution is 2.36. The van der Waals surface area contributed by atoms with Crippen LogP contribution in [0.2, 0.25) is 0 Å². The molecule has 1 aliphatic rings. The average Bonchev–Trinajstić information content (AvgIpc) is 2.50. The van der Waals surface area contributed by atoms with Gasteiger partial charge in [-0.05, 0) is 58.3 Å². The summed E-state index contributed by atoms with van der Waals surface area (Å²) in [6.07, 6.45) is 2.82. The molecule has 3 heteroatoms. The number of anilines is 1. The average molecular weight is 274 g/mol. The molecule has 20 heavy (non-hydrogen) atoms. The molecule has 1 aliphatic heterocycles. The molecular formula is C17H26N2O. The first-order valence-electron chi connectivity index (χ1n) is 7.72. The number of rotatable bonds is 4. The van der Waals surface area contributed by atoms with E-state index < -0.39 is 0 Å². The molecule has 1 aromatic rings. The third-order valence-corrected chi connectivity index (χ3v) is 4.60. The molecule has 1 fully saturated rings. The molecule has 0 atom stereocenters. The van der Waals surface area contributed by atoms with Gasteiger partial charge in [-0.2, -0.15) is 0 Å². The van der Waals surface area contributed by atoms with Crippen molar-refractivity contribution in [3.8, 4) is 0 Å². The molecule has 2 rings (SSSR count). The summed E-state index contributed by atoms with van der Waals surface area (Å²) in [6.45, 7) is 8.91. The van der Waals surface area contributed by atoms with Crippen LogP contribution in [0.1, 0.15) is 38.7 Å².